The normalized spacial score (nSPS) is 19.8. The number of aromatic nitrogens is 1. The van der Waals surface area contributed by atoms with Crippen molar-refractivity contribution in [1.82, 2.24) is 4.98 Å². The number of ether oxygens (including phenoxy) is 1. The molecule has 0 spiro atoms. The van der Waals surface area contributed by atoms with Gasteiger partial charge in [0, 0.05) is 21.5 Å². The van der Waals surface area contributed by atoms with Gasteiger partial charge in [0.1, 0.15) is 11.0 Å². The molecule has 0 saturated carbocycles. The van der Waals surface area contributed by atoms with E-state index in [0.29, 0.717) is 27.2 Å². The summed E-state index contributed by atoms with van der Waals surface area (Å²) in [7, 11) is 0. The summed E-state index contributed by atoms with van der Waals surface area (Å²) in [6.45, 7) is 1.74. The first-order chi connectivity index (χ1) is 19.3. The molecule has 1 saturated heterocycles. The Morgan fingerprint density at radius 1 is 0.975 bits per heavy atom. The highest BCUT2D eigenvalue weighted by Crippen LogP contribution is 2.53. The lowest BCUT2D eigenvalue weighted by molar-refractivity contribution is -0.122. The van der Waals surface area contributed by atoms with E-state index in [0.717, 1.165) is 27.3 Å². The molecule has 6 rings (SSSR count). The number of carbonyl (C=O) groups is 3. The molecule has 0 unspecified atom stereocenters. The van der Waals surface area contributed by atoms with Gasteiger partial charge in [0.2, 0.25) is 11.8 Å². The summed E-state index contributed by atoms with van der Waals surface area (Å²) in [6, 6.07) is 21.1. The van der Waals surface area contributed by atoms with Crippen LogP contribution >= 0.6 is 34.7 Å². The number of H-pyrrole nitrogens is 1. The minimum absolute atomic E-state index is 0.200. The summed E-state index contributed by atoms with van der Waals surface area (Å²) in [4.78, 5) is 56.5. The number of anilines is 2. The molecule has 3 aromatic carbocycles. The fraction of sp³-hybridized carbons (Fsp3) is 0.172. The number of aromatic amines is 1. The van der Waals surface area contributed by atoms with Crippen LogP contribution in [0.15, 0.2) is 82.6 Å². The molecule has 4 aromatic rings. The molecule has 202 valence electrons. The Morgan fingerprint density at radius 3 is 2.38 bits per heavy atom. The number of rotatable bonds is 6. The monoisotopic (exact) mass is 591 g/mol. The average molecular weight is 592 g/mol. The summed E-state index contributed by atoms with van der Waals surface area (Å²) in [5.41, 5.74) is 2.94. The standard InChI is InChI=1S/C29H22ClN3O5S2/c1-15-2-10-19(11-3-15)33-27(35)23-22(24-26(32-29(37)40-24)39-25(23)28(33)36)16-4-12-20(13-5-16)38-14-21(34)31-18-8-6-17(30)7-9-18/h2-13,22-23,25H,14H2,1H3,(H,31,34)(H,32,37)/t22-,23-,25+/m0/s1. The van der Waals surface area contributed by atoms with E-state index < -0.39 is 17.1 Å². The third-order valence-electron chi connectivity index (χ3n) is 6.85. The Morgan fingerprint density at radius 2 is 1.68 bits per heavy atom. The van der Waals surface area contributed by atoms with Crippen LogP contribution < -0.4 is 19.8 Å². The van der Waals surface area contributed by atoms with Crippen molar-refractivity contribution in [3.05, 3.63) is 103 Å². The molecule has 2 aliphatic heterocycles. The number of nitrogens with zero attached hydrogens (tertiary/aromatic N) is 1. The molecule has 0 bridgehead atoms. The Bertz CT molecular complexity index is 1670. The second kappa shape index (κ2) is 10.6. The zero-order valence-corrected chi connectivity index (χ0v) is 23.4. The molecule has 2 N–H and O–H groups in total. The van der Waals surface area contributed by atoms with Gasteiger partial charge in [-0.25, -0.2) is 4.90 Å². The summed E-state index contributed by atoms with van der Waals surface area (Å²) in [6.07, 6.45) is 0. The number of thioether (sulfide) groups is 1. The lowest BCUT2D eigenvalue weighted by atomic mass is 9.83. The summed E-state index contributed by atoms with van der Waals surface area (Å²) in [5, 5.41) is 3.27. The van der Waals surface area contributed by atoms with Gasteiger partial charge in [-0.2, -0.15) is 0 Å². The number of aryl methyl sites for hydroxylation is 1. The molecule has 3 atom stereocenters. The van der Waals surface area contributed by atoms with E-state index in [2.05, 4.69) is 10.3 Å². The molecular formula is C29H22ClN3O5S2. The smallest absolute Gasteiger partial charge is 0.305 e. The molecule has 2 aliphatic rings. The van der Waals surface area contributed by atoms with Gasteiger partial charge >= 0.3 is 4.87 Å². The quantitative estimate of drug-likeness (QED) is 0.298. The first-order valence-corrected chi connectivity index (χ1v) is 14.5. The number of halogens is 1. The minimum atomic E-state index is -0.672. The average Bonchev–Trinajstić information content (AvgIpc) is 3.44. The second-order valence-electron chi connectivity index (χ2n) is 9.51. The number of fused-ring (bicyclic) bond motifs is 2. The number of hydrogen-bond acceptors (Lipinski definition) is 7. The van der Waals surface area contributed by atoms with E-state index in [4.69, 9.17) is 16.3 Å². The Labute approximate surface area is 242 Å². The molecule has 3 heterocycles. The highest BCUT2D eigenvalue weighted by Gasteiger charge is 2.56. The van der Waals surface area contributed by atoms with E-state index in [9.17, 15) is 19.2 Å². The molecule has 40 heavy (non-hydrogen) atoms. The fourth-order valence-corrected chi connectivity index (χ4v) is 7.62. The van der Waals surface area contributed by atoms with Crippen molar-refractivity contribution in [2.75, 3.05) is 16.8 Å². The van der Waals surface area contributed by atoms with Gasteiger partial charge in [-0.3, -0.25) is 19.2 Å². The third-order valence-corrected chi connectivity index (χ3v) is 9.51. The number of thiazole rings is 1. The molecule has 0 radical (unpaired) electrons. The number of imide groups is 1. The zero-order chi connectivity index (χ0) is 28.0. The van der Waals surface area contributed by atoms with Crippen LogP contribution in [0.1, 0.15) is 21.9 Å². The largest absolute Gasteiger partial charge is 0.484 e. The maximum absolute atomic E-state index is 13.8. The molecular weight excluding hydrogens is 570 g/mol. The van der Waals surface area contributed by atoms with Gasteiger partial charge in [-0.15, -0.1) is 0 Å². The zero-order valence-electron chi connectivity index (χ0n) is 21.1. The van der Waals surface area contributed by atoms with Crippen molar-refractivity contribution in [3.63, 3.8) is 0 Å². The molecule has 1 aromatic heterocycles. The van der Waals surface area contributed by atoms with Crippen molar-refractivity contribution < 1.29 is 19.1 Å². The molecule has 1 fully saturated rings. The number of amides is 3. The van der Waals surface area contributed by atoms with E-state index >= 15 is 0 Å². The van der Waals surface area contributed by atoms with Crippen LogP contribution in [0.2, 0.25) is 5.02 Å². The van der Waals surface area contributed by atoms with Crippen molar-refractivity contribution in [3.8, 4) is 5.75 Å². The van der Waals surface area contributed by atoms with E-state index in [-0.39, 0.29) is 29.2 Å². The van der Waals surface area contributed by atoms with Gasteiger partial charge in [0.15, 0.2) is 6.61 Å². The number of nitrogens with one attached hydrogen (secondary N) is 2. The molecule has 0 aliphatic carbocycles. The Kier molecular flexibility index (Phi) is 6.99. The number of hydrogen-bond donors (Lipinski definition) is 2. The highest BCUT2D eigenvalue weighted by molar-refractivity contribution is 8.00. The maximum atomic E-state index is 13.8. The van der Waals surface area contributed by atoms with Crippen molar-refractivity contribution >= 4 is 63.8 Å². The lowest BCUT2D eigenvalue weighted by Gasteiger charge is -2.29. The van der Waals surface area contributed by atoms with E-state index in [1.165, 1.54) is 16.7 Å². The summed E-state index contributed by atoms with van der Waals surface area (Å²) in [5.74, 6) is -1.60. The number of benzene rings is 3. The predicted molar refractivity (Wildman–Crippen MR) is 156 cm³/mol. The molecule has 11 heteroatoms. The first-order valence-electron chi connectivity index (χ1n) is 12.4. The summed E-state index contributed by atoms with van der Waals surface area (Å²) < 4.78 is 5.66. The van der Waals surface area contributed by atoms with Gasteiger partial charge in [-0.05, 0) is 61.0 Å². The van der Waals surface area contributed by atoms with Crippen LogP contribution in [0, 0.1) is 12.8 Å². The van der Waals surface area contributed by atoms with Crippen LogP contribution in [0.5, 0.6) is 5.75 Å². The Hall–Kier alpha value is -3.86. The van der Waals surface area contributed by atoms with Crippen molar-refractivity contribution in [2.45, 2.75) is 23.1 Å². The van der Waals surface area contributed by atoms with Gasteiger partial charge in [0.05, 0.1) is 16.6 Å². The predicted octanol–water partition coefficient (Wildman–Crippen LogP) is 5.21. The van der Waals surface area contributed by atoms with Crippen LogP contribution in [0.3, 0.4) is 0 Å². The lowest BCUT2D eigenvalue weighted by Crippen LogP contribution is -2.32. The van der Waals surface area contributed by atoms with Gasteiger partial charge in [-0.1, -0.05) is 64.5 Å². The minimum Gasteiger partial charge on any atom is -0.484 e. The summed E-state index contributed by atoms with van der Waals surface area (Å²) >= 11 is 8.18. The van der Waals surface area contributed by atoms with Gasteiger partial charge in [0.25, 0.3) is 5.91 Å². The van der Waals surface area contributed by atoms with Crippen molar-refractivity contribution in [1.29, 1.82) is 0 Å². The van der Waals surface area contributed by atoms with E-state index in [1.54, 1.807) is 48.5 Å². The number of carbonyl (C=O) groups excluding carboxylic acids is 3. The topological polar surface area (TPSA) is 109 Å². The maximum Gasteiger partial charge on any atom is 0.305 e. The van der Waals surface area contributed by atoms with Gasteiger partial charge < -0.3 is 15.0 Å². The Balaban J connectivity index is 1.24. The molecule has 8 nitrogen and oxygen atoms in total. The highest BCUT2D eigenvalue weighted by atomic mass is 35.5. The first kappa shape index (κ1) is 26.4. The molecule has 3 amide bonds. The van der Waals surface area contributed by atoms with Crippen LogP contribution in [-0.4, -0.2) is 34.6 Å². The fourth-order valence-electron chi connectivity index (χ4n) is 4.98. The SMILES string of the molecule is Cc1ccc(N2C(=O)[C@H]3[C@H](c4ccc(OCC(=O)Nc5ccc(Cl)cc5)cc4)c4sc(=O)[nH]c4S[C@H]3C2=O)cc1. The van der Waals surface area contributed by atoms with Crippen LogP contribution in [0.4, 0.5) is 11.4 Å². The van der Waals surface area contributed by atoms with E-state index in [1.807, 2.05) is 31.2 Å². The van der Waals surface area contributed by atoms with Crippen LogP contribution in [-0.2, 0) is 14.4 Å². The second-order valence-corrected chi connectivity index (χ2v) is 12.1. The third kappa shape index (κ3) is 4.94. The van der Waals surface area contributed by atoms with Crippen LogP contribution in [0.25, 0.3) is 0 Å². The van der Waals surface area contributed by atoms with Crippen molar-refractivity contribution in [2.24, 2.45) is 5.92 Å².